The predicted octanol–water partition coefficient (Wildman–Crippen LogP) is 2.84. The number of amides is 1. The molecule has 128 valence electrons. The van der Waals surface area contributed by atoms with Gasteiger partial charge < -0.3 is 20.1 Å². The minimum atomic E-state index is -0.439. The van der Waals surface area contributed by atoms with Gasteiger partial charge in [-0.1, -0.05) is 6.42 Å². The Bertz CT molecular complexity index is 361. The zero-order valence-corrected chi connectivity index (χ0v) is 14.5. The summed E-state index contributed by atoms with van der Waals surface area (Å²) in [5.41, 5.74) is -0.439. The van der Waals surface area contributed by atoms with E-state index in [0.29, 0.717) is 30.7 Å². The Hall–Kier alpha value is -0.810. The Morgan fingerprint density at radius 2 is 2.05 bits per heavy atom. The molecule has 0 aromatic carbocycles. The minimum Gasteiger partial charge on any atom is -0.444 e. The molecule has 2 rings (SSSR count). The van der Waals surface area contributed by atoms with Crippen molar-refractivity contribution in [2.45, 2.75) is 83.6 Å². The van der Waals surface area contributed by atoms with Gasteiger partial charge in [-0.2, -0.15) is 0 Å². The second-order valence-corrected chi connectivity index (χ2v) is 7.69. The zero-order chi connectivity index (χ0) is 16.2. The second kappa shape index (κ2) is 7.64. The van der Waals surface area contributed by atoms with E-state index >= 15 is 0 Å². The number of nitrogens with one attached hydrogen (secondary N) is 2. The highest BCUT2D eigenvalue weighted by atomic mass is 16.6. The molecule has 1 aliphatic carbocycles. The first-order valence-corrected chi connectivity index (χ1v) is 8.69. The standard InChI is InChI=1S/C17H32N2O3/c1-12(15-9-6-10-21-15)19-14-8-5-7-13(14)11-18-16(20)22-17(2,3)4/h12-15,19H,5-11H2,1-4H3,(H,18,20). The molecule has 0 radical (unpaired) electrons. The first-order valence-electron chi connectivity index (χ1n) is 8.69. The van der Waals surface area contributed by atoms with Crippen LogP contribution in [0.2, 0.25) is 0 Å². The first kappa shape index (κ1) is 17.5. The topological polar surface area (TPSA) is 59.6 Å². The number of rotatable bonds is 5. The highest BCUT2D eigenvalue weighted by Crippen LogP contribution is 2.27. The zero-order valence-electron chi connectivity index (χ0n) is 14.5. The van der Waals surface area contributed by atoms with E-state index in [2.05, 4.69) is 17.6 Å². The Labute approximate surface area is 134 Å². The molecular formula is C17H32N2O3. The van der Waals surface area contributed by atoms with Crippen molar-refractivity contribution < 1.29 is 14.3 Å². The molecule has 1 amide bonds. The maximum Gasteiger partial charge on any atom is 0.407 e. The van der Waals surface area contributed by atoms with Crippen LogP contribution < -0.4 is 10.6 Å². The van der Waals surface area contributed by atoms with Crippen LogP contribution in [0, 0.1) is 5.92 Å². The van der Waals surface area contributed by atoms with Gasteiger partial charge in [0.05, 0.1) is 6.10 Å². The molecule has 5 nitrogen and oxygen atoms in total. The number of carbonyl (C=O) groups excluding carboxylic acids is 1. The first-order chi connectivity index (χ1) is 10.3. The lowest BCUT2D eigenvalue weighted by molar-refractivity contribution is 0.0512. The molecule has 1 heterocycles. The van der Waals surface area contributed by atoms with E-state index in [1.54, 1.807) is 0 Å². The van der Waals surface area contributed by atoms with Crippen molar-refractivity contribution in [2.75, 3.05) is 13.2 Å². The highest BCUT2D eigenvalue weighted by Gasteiger charge is 2.31. The van der Waals surface area contributed by atoms with Gasteiger partial charge in [0.15, 0.2) is 0 Å². The fraction of sp³-hybridized carbons (Fsp3) is 0.941. The number of hydrogen-bond acceptors (Lipinski definition) is 4. The summed E-state index contributed by atoms with van der Waals surface area (Å²) in [6.07, 6.45) is 5.91. The lowest BCUT2D eigenvalue weighted by Gasteiger charge is -2.28. The SMILES string of the molecule is CC(NC1CCCC1CNC(=O)OC(C)(C)C)C1CCCO1. The molecule has 4 unspecified atom stereocenters. The molecule has 1 saturated heterocycles. The number of carbonyl (C=O) groups is 1. The summed E-state index contributed by atoms with van der Waals surface area (Å²) >= 11 is 0. The van der Waals surface area contributed by atoms with Gasteiger partial charge in [0.2, 0.25) is 0 Å². The van der Waals surface area contributed by atoms with E-state index in [4.69, 9.17) is 9.47 Å². The summed E-state index contributed by atoms with van der Waals surface area (Å²) in [6.45, 7) is 9.45. The van der Waals surface area contributed by atoms with Crippen LogP contribution in [0.15, 0.2) is 0 Å². The van der Waals surface area contributed by atoms with Crippen molar-refractivity contribution in [2.24, 2.45) is 5.92 Å². The molecule has 1 saturated carbocycles. The Kier molecular flexibility index (Phi) is 6.09. The third-order valence-corrected chi connectivity index (χ3v) is 4.57. The Morgan fingerprint density at radius 1 is 1.27 bits per heavy atom. The van der Waals surface area contributed by atoms with Gasteiger partial charge in [0, 0.05) is 25.2 Å². The van der Waals surface area contributed by atoms with Crippen LogP contribution in [-0.4, -0.2) is 43.0 Å². The molecular weight excluding hydrogens is 280 g/mol. The summed E-state index contributed by atoms with van der Waals surface area (Å²) in [4.78, 5) is 11.8. The van der Waals surface area contributed by atoms with Crippen LogP contribution in [0.3, 0.4) is 0 Å². The lowest BCUT2D eigenvalue weighted by Crippen LogP contribution is -2.47. The van der Waals surface area contributed by atoms with Gasteiger partial charge >= 0.3 is 6.09 Å². The Morgan fingerprint density at radius 3 is 2.68 bits per heavy atom. The lowest BCUT2D eigenvalue weighted by atomic mass is 10.0. The molecule has 0 aromatic heterocycles. The maximum atomic E-state index is 11.8. The van der Waals surface area contributed by atoms with E-state index in [-0.39, 0.29) is 6.09 Å². The quantitative estimate of drug-likeness (QED) is 0.819. The number of alkyl carbamates (subject to hydrolysis) is 1. The minimum absolute atomic E-state index is 0.315. The molecule has 1 aliphatic heterocycles. The molecule has 2 N–H and O–H groups in total. The van der Waals surface area contributed by atoms with Crippen molar-refractivity contribution in [1.29, 1.82) is 0 Å². The third-order valence-electron chi connectivity index (χ3n) is 4.57. The maximum absolute atomic E-state index is 11.8. The van der Waals surface area contributed by atoms with E-state index in [9.17, 15) is 4.79 Å². The van der Waals surface area contributed by atoms with Gasteiger partial charge in [-0.25, -0.2) is 4.79 Å². The summed E-state index contributed by atoms with van der Waals surface area (Å²) < 4.78 is 11.1. The van der Waals surface area contributed by atoms with Crippen LogP contribution in [0.25, 0.3) is 0 Å². The van der Waals surface area contributed by atoms with Crippen LogP contribution in [0.4, 0.5) is 4.79 Å². The second-order valence-electron chi connectivity index (χ2n) is 7.69. The molecule has 2 aliphatic rings. The van der Waals surface area contributed by atoms with E-state index in [1.165, 1.54) is 19.3 Å². The number of ether oxygens (including phenoxy) is 2. The molecule has 4 atom stereocenters. The average molecular weight is 312 g/mol. The fourth-order valence-corrected chi connectivity index (χ4v) is 3.47. The highest BCUT2D eigenvalue weighted by molar-refractivity contribution is 5.67. The van der Waals surface area contributed by atoms with Gasteiger partial charge in [-0.05, 0) is 59.3 Å². The molecule has 2 fully saturated rings. The molecule has 0 bridgehead atoms. The molecule has 0 aromatic rings. The van der Waals surface area contributed by atoms with Gasteiger partial charge in [0.1, 0.15) is 5.60 Å². The van der Waals surface area contributed by atoms with Crippen molar-refractivity contribution >= 4 is 6.09 Å². The monoisotopic (exact) mass is 312 g/mol. The van der Waals surface area contributed by atoms with Crippen LogP contribution >= 0.6 is 0 Å². The van der Waals surface area contributed by atoms with Crippen LogP contribution in [0.1, 0.15) is 59.8 Å². The third kappa shape index (κ3) is 5.43. The summed E-state index contributed by atoms with van der Waals surface area (Å²) in [7, 11) is 0. The average Bonchev–Trinajstić information content (AvgIpc) is 3.05. The largest absolute Gasteiger partial charge is 0.444 e. The summed E-state index contributed by atoms with van der Waals surface area (Å²) in [5.74, 6) is 0.483. The number of hydrogen-bond donors (Lipinski definition) is 2. The van der Waals surface area contributed by atoms with E-state index in [1.807, 2.05) is 20.8 Å². The predicted molar refractivity (Wildman–Crippen MR) is 86.9 cm³/mol. The fourth-order valence-electron chi connectivity index (χ4n) is 3.47. The summed E-state index contributed by atoms with van der Waals surface area (Å²) in [5, 5.41) is 6.65. The Balaban J connectivity index is 1.74. The smallest absolute Gasteiger partial charge is 0.407 e. The van der Waals surface area contributed by atoms with Crippen LogP contribution in [0.5, 0.6) is 0 Å². The van der Waals surface area contributed by atoms with Crippen LogP contribution in [-0.2, 0) is 9.47 Å². The van der Waals surface area contributed by atoms with Crippen molar-refractivity contribution in [3.63, 3.8) is 0 Å². The van der Waals surface area contributed by atoms with Gasteiger partial charge in [-0.15, -0.1) is 0 Å². The van der Waals surface area contributed by atoms with Gasteiger partial charge in [-0.3, -0.25) is 0 Å². The molecule has 22 heavy (non-hydrogen) atoms. The van der Waals surface area contributed by atoms with Crippen molar-refractivity contribution in [3.05, 3.63) is 0 Å². The summed E-state index contributed by atoms with van der Waals surface area (Å²) in [6, 6.07) is 0.851. The molecule has 5 heteroatoms. The van der Waals surface area contributed by atoms with Crippen molar-refractivity contribution in [3.8, 4) is 0 Å². The van der Waals surface area contributed by atoms with Crippen molar-refractivity contribution in [1.82, 2.24) is 10.6 Å². The van der Waals surface area contributed by atoms with E-state index in [0.717, 1.165) is 19.4 Å². The van der Waals surface area contributed by atoms with Gasteiger partial charge in [0.25, 0.3) is 0 Å². The normalized spacial score (nSPS) is 30.3. The molecule has 0 spiro atoms. The van der Waals surface area contributed by atoms with E-state index < -0.39 is 5.60 Å².